The van der Waals surface area contributed by atoms with Crippen LogP contribution in [-0.2, 0) is 4.79 Å². The van der Waals surface area contributed by atoms with Gasteiger partial charge in [-0.2, -0.15) is 0 Å². The van der Waals surface area contributed by atoms with Crippen LogP contribution in [0, 0.1) is 5.41 Å². The number of carboxylic acid groups (broad SMARTS) is 1. The van der Waals surface area contributed by atoms with E-state index in [0.29, 0.717) is 13.0 Å². The zero-order valence-electron chi connectivity index (χ0n) is 16.8. The maximum absolute atomic E-state index is 11.2. The van der Waals surface area contributed by atoms with Gasteiger partial charge in [0.05, 0.1) is 12.5 Å². The Kier molecular flexibility index (Phi) is 6.61. The van der Waals surface area contributed by atoms with E-state index < -0.39 is 5.97 Å². The molecule has 2 N–H and O–H groups in total. The number of ether oxygens (including phenoxy) is 1. The van der Waals surface area contributed by atoms with E-state index in [1.807, 2.05) is 31.2 Å². The first-order valence-electron chi connectivity index (χ1n) is 10.3. The van der Waals surface area contributed by atoms with Crippen molar-refractivity contribution in [2.45, 2.75) is 70.3 Å². The largest absolute Gasteiger partial charge is 0.489 e. The lowest BCUT2D eigenvalue weighted by molar-refractivity contribution is -0.137. The molecular weight excluding hydrogens is 352 g/mol. The molecule has 152 valence electrons. The van der Waals surface area contributed by atoms with Crippen molar-refractivity contribution in [1.29, 1.82) is 0 Å². The van der Waals surface area contributed by atoms with Crippen molar-refractivity contribution in [2.24, 2.45) is 5.41 Å². The molecule has 0 bridgehead atoms. The van der Waals surface area contributed by atoms with Crippen LogP contribution >= 0.6 is 0 Å². The second-order valence-corrected chi connectivity index (χ2v) is 8.73. The molecule has 1 spiro atoms. The average molecular weight is 385 g/mol. The molecule has 4 heteroatoms. The number of aliphatic hydroxyl groups is 1. The smallest absolute Gasteiger partial charge is 0.303 e. The summed E-state index contributed by atoms with van der Waals surface area (Å²) in [4.78, 5) is 11.2. The first kappa shape index (κ1) is 20.7. The number of carboxylic acids is 1. The Morgan fingerprint density at radius 3 is 2.64 bits per heavy atom. The molecule has 1 aromatic carbocycles. The van der Waals surface area contributed by atoms with Crippen LogP contribution in [0.25, 0.3) is 0 Å². The summed E-state index contributed by atoms with van der Waals surface area (Å²) in [5.41, 5.74) is 3.51. The minimum atomic E-state index is -0.790. The van der Waals surface area contributed by atoms with E-state index in [2.05, 4.69) is 12.7 Å². The van der Waals surface area contributed by atoms with Gasteiger partial charge < -0.3 is 14.9 Å². The van der Waals surface area contributed by atoms with E-state index in [1.54, 1.807) is 0 Å². The monoisotopic (exact) mass is 384 g/mol. The fourth-order valence-corrected chi connectivity index (χ4v) is 4.80. The molecule has 28 heavy (non-hydrogen) atoms. The molecule has 0 saturated heterocycles. The van der Waals surface area contributed by atoms with Crippen molar-refractivity contribution >= 4 is 5.97 Å². The predicted molar refractivity (Wildman–Crippen MR) is 111 cm³/mol. The third-order valence-electron chi connectivity index (χ3n) is 6.09. The minimum Gasteiger partial charge on any atom is -0.489 e. The highest BCUT2D eigenvalue weighted by atomic mass is 16.5. The van der Waals surface area contributed by atoms with Gasteiger partial charge >= 0.3 is 5.97 Å². The number of hydrogen-bond acceptors (Lipinski definition) is 3. The molecule has 1 unspecified atom stereocenters. The quantitative estimate of drug-likeness (QED) is 0.602. The van der Waals surface area contributed by atoms with Crippen molar-refractivity contribution in [2.75, 3.05) is 6.61 Å². The molecule has 1 fully saturated rings. The van der Waals surface area contributed by atoms with Gasteiger partial charge in [-0.05, 0) is 86.5 Å². The van der Waals surface area contributed by atoms with E-state index in [-0.39, 0.29) is 23.9 Å². The number of allylic oxidation sites excluding steroid dienone is 2. The standard InChI is InChI=1S/C24H32O4/c1-17(2)12-20(13-23(26)27)19-5-7-22(8-6-19)28-16-18-4-3-10-24(14-18)11-9-21(25)15-24/h5-8,14,20-21,25H,1,3-4,9-13,15-16H2,2H3,(H,26,27)/t20?,21-,24-/m0/s1. The fourth-order valence-electron chi connectivity index (χ4n) is 4.80. The van der Waals surface area contributed by atoms with Crippen LogP contribution in [0.2, 0.25) is 0 Å². The summed E-state index contributed by atoms with van der Waals surface area (Å²) < 4.78 is 6.01. The zero-order valence-corrected chi connectivity index (χ0v) is 16.8. The average Bonchev–Trinajstić information content (AvgIpc) is 2.99. The maximum Gasteiger partial charge on any atom is 0.303 e. The number of aliphatic carboxylic acids is 1. The molecule has 1 aromatic rings. The maximum atomic E-state index is 11.2. The lowest BCUT2D eigenvalue weighted by Gasteiger charge is -2.31. The highest BCUT2D eigenvalue weighted by Crippen LogP contribution is 2.47. The van der Waals surface area contributed by atoms with Gasteiger partial charge in [0, 0.05) is 0 Å². The van der Waals surface area contributed by atoms with Gasteiger partial charge in [0.2, 0.25) is 0 Å². The Morgan fingerprint density at radius 1 is 1.29 bits per heavy atom. The summed E-state index contributed by atoms with van der Waals surface area (Å²) in [6.07, 6.45) is 9.29. The molecule has 3 atom stereocenters. The molecule has 0 radical (unpaired) electrons. The van der Waals surface area contributed by atoms with Gasteiger partial charge in [-0.1, -0.05) is 23.8 Å². The van der Waals surface area contributed by atoms with E-state index in [9.17, 15) is 9.90 Å². The van der Waals surface area contributed by atoms with Crippen molar-refractivity contribution in [3.05, 3.63) is 53.6 Å². The van der Waals surface area contributed by atoms with Gasteiger partial charge in [-0.25, -0.2) is 0 Å². The van der Waals surface area contributed by atoms with E-state index in [4.69, 9.17) is 9.84 Å². The van der Waals surface area contributed by atoms with Crippen molar-refractivity contribution in [3.63, 3.8) is 0 Å². The Labute approximate surface area is 167 Å². The summed E-state index contributed by atoms with van der Waals surface area (Å²) in [5, 5.41) is 19.1. The Bertz CT molecular complexity index is 717. The number of benzene rings is 1. The van der Waals surface area contributed by atoms with Gasteiger partial charge in [-0.3, -0.25) is 4.79 Å². The summed E-state index contributed by atoms with van der Waals surface area (Å²) in [6, 6.07) is 7.80. The molecule has 0 aromatic heterocycles. The molecule has 0 heterocycles. The minimum absolute atomic E-state index is 0.0567. The van der Waals surface area contributed by atoms with Crippen LogP contribution in [-0.4, -0.2) is 28.9 Å². The Balaban J connectivity index is 1.61. The van der Waals surface area contributed by atoms with Crippen LogP contribution in [0.15, 0.2) is 48.1 Å². The molecule has 2 aliphatic rings. The highest BCUT2D eigenvalue weighted by Gasteiger charge is 2.38. The van der Waals surface area contributed by atoms with E-state index >= 15 is 0 Å². The van der Waals surface area contributed by atoms with E-state index in [1.165, 1.54) is 18.4 Å². The molecule has 0 aliphatic heterocycles. The van der Waals surface area contributed by atoms with Gasteiger partial charge in [0.25, 0.3) is 0 Å². The number of hydrogen-bond donors (Lipinski definition) is 2. The molecule has 2 aliphatic carbocycles. The van der Waals surface area contributed by atoms with Gasteiger partial charge in [0.15, 0.2) is 0 Å². The van der Waals surface area contributed by atoms with Gasteiger partial charge in [-0.15, -0.1) is 6.58 Å². The van der Waals surface area contributed by atoms with Crippen LogP contribution in [0.4, 0.5) is 0 Å². The normalized spacial score (nSPS) is 25.4. The number of rotatable bonds is 8. The third-order valence-corrected chi connectivity index (χ3v) is 6.09. The topological polar surface area (TPSA) is 66.8 Å². The summed E-state index contributed by atoms with van der Waals surface area (Å²) in [7, 11) is 0. The predicted octanol–water partition coefficient (Wildman–Crippen LogP) is 5.23. The second-order valence-electron chi connectivity index (χ2n) is 8.73. The highest BCUT2D eigenvalue weighted by molar-refractivity contribution is 5.68. The van der Waals surface area contributed by atoms with E-state index in [0.717, 1.165) is 42.6 Å². The molecule has 4 nitrogen and oxygen atoms in total. The Hall–Kier alpha value is -2.07. The number of carbonyl (C=O) groups is 1. The summed E-state index contributed by atoms with van der Waals surface area (Å²) >= 11 is 0. The SMILES string of the molecule is C=C(C)CC(CC(=O)O)c1ccc(OCC2=C[C@]3(CCC2)CC[C@H](O)C3)cc1. The first-order valence-corrected chi connectivity index (χ1v) is 10.3. The number of aliphatic hydroxyl groups excluding tert-OH is 1. The van der Waals surface area contributed by atoms with Crippen molar-refractivity contribution in [3.8, 4) is 5.75 Å². The van der Waals surface area contributed by atoms with Crippen molar-refractivity contribution < 1.29 is 19.7 Å². The zero-order chi connectivity index (χ0) is 20.1. The van der Waals surface area contributed by atoms with Crippen molar-refractivity contribution in [1.82, 2.24) is 0 Å². The lowest BCUT2D eigenvalue weighted by atomic mass is 9.75. The summed E-state index contributed by atoms with van der Waals surface area (Å²) in [5.74, 6) is -0.0411. The molecule has 0 amide bonds. The molecule has 1 saturated carbocycles. The summed E-state index contributed by atoms with van der Waals surface area (Å²) in [6.45, 7) is 6.44. The van der Waals surface area contributed by atoms with Crippen LogP contribution < -0.4 is 4.74 Å². The Morgan fingerprint density at radius 2 is 2.04 bits per heavy atom. The van der Waals surface area contributed by atoms with Crippen LogP contribution in [0.5, 0.6) is 5.75 Å². The fraction of sp³-hybridized carbons (Fsp3) is 0.542. The van der Waals surface area contributed by atoms with Crippen LogP contribution in [0.1, 0.15) is 69.8 Å². The first-order chi connectivity index (χ1) is 13.3. The molecule has 3 rings (SSSR count). The second kappa shape index (κ2) is 8.95. The third kappa shape index (κ3) is 5.48. The molecular formula is C24H32O4. The lowest BCUT2D eigenvalue weighted by Crippen LogP contribution is -2.21. The van der Waals surface area contributed by atoms with Crippen LogP contribution in [0.3, 0.4) is 0 Å². The van der Waals surface area contributed by atoms with Gasteiger partial charge in [0.1, 0.15) is 12.4 Å².